The number of likely N-dealkylation sites (tertiary alicyclic amines) is 1. The summed E-state index contributed by atoms with van der Waals surface area (Å²) in [6, 6.07) is 8.22. The van der Waals surface area contributed by atoms with Gasteiger partial charge in [-0.3, -0.25) is 9.47 Å². The van der Waals surface area contributed by atoms with Crippen molar-refractivity contribution in [2.75, 3.05) is 39.1 Å². The summed E-state index contributed by atoms with van der Waals surface area (Å²) in [4.78, 5) is 2.55. The second-order valence-electron chi connectivity index (χ2n) is 8.51. The standard InChI is InChI=1S/C24H34N4O2S/c1-4-18(2)16-27-12-10-19(11-13-27)23-25-26-24(31-17-22-9-6-14-30-22)28(23)20-7-5-8-21(15-20)29-3/h4-5,7-8,15,19,22H,6,9-14,16-17H2,1-3H3/b18-4+. The molecule has 4 rings (SSSR count). The molecule has 0 bridgehead atoms. The molecule has 2 aromatic rings. The van der Waals surface area contributed by atoms with Crippen molar-refractivity contribution in [2.24, 2.45) is 0 Å². The van der Waals surface area contributed by atoms with Crippen molar-refractivity contribution in [3.05, 3.63) is 41.7 Å². The maximum absolute atomic E-state index is 5.82. The number of benzene rings is 1. The van der Waals surface area contributed by atoms with E-state index in [4.69, 9.17) is 14.6 Å². The minimum Gasteiger partial charge on any atom is -0.497 e. The molecule has 1 unspecified atom stereocenters. The lowest BCUT2D eigenvalue weighted by molar-refractivity contribution is 0.129. The first-order valence-corrected chi connectivity index (χ1v) is 12.3. The molecular weight excluding hydrogens is 408 g/mol. The fraction of sp³-hybridized carbons (Fsp3) is 0.583. The van der Waals surface area contributed by atoms with Crippen LogP contribution in [0.1, 0.15) is 51.3 Å². The molecule has 3 heterocycles. The van der Waals surface area contributed by atoms with Gasteiger partial charge in [-0.2, -0.15) is 0 Å². The predicted molar refractivity (Wildman–Crippen MR) is 125 cm³/mol. The van der Waals surface area contributed by atoms with Crippen molar-refractivity contribution in [3.63, 3.8) is 0 Å². The predicted octanol–water partition coefficient (Wildman–Crippen LogP) is 4.69. The van der Waals surface area contributed by atoms with Gasteiger partial charge in [0, 0.05) is 30.9 Å². The van der Waals surface area contributed by atoms with E-state index in [9.17, 15) is 0 Å². The second-order valence-corrected chi connectivity index (χ2v) is 9.50. The van der Waals surface area contributed by atoms with Crippen LogP contribution in [0, 0.1) is 0 Å². The molecule has 2 aliphatic rings. The number of thioether (sulfide) groups is 1. The first-order chi connectivity index (χ1) is 15.2. The van der Waals surface area contributed by atoms with E-state index in [1.54, 1.807) is 18.9 Å². The lowest BCUT2D eigenvalue weighted by atomic mass is 9.95. The van der Waals surface area contributed by atoms with Crippen LogP contribution in [0.15, 0.2) is 41.1 Å². The van der Waals surface area contributed by atoms with E-state index in [0.717, 1.165) is 80.1 Å². The Hall–Kier alpha value is -1.83. The summed E-state index contributed by atoms with van der Waals surface area (Å²) in [6.45, 7) is 8.47. The lowest BCUT2D eigenvalue weighted by Gasteiger charge is -2.31. The van der Waals surface area contributed by atoms with E-state index in [1.165, 1.54) is 5.57 Å². The summed E-state index contributed by atoms with van der Waals surface area (Å²) < 4.78 is 13.6. The van der Waals surface area contributed by atoms with Crippen LogP contribution in [-0.4, -0.2) is 64.9 Å². The molecule has 31 heavy (non-hydrogen) atoms. The van der Waals surface area contributed by atoms with Crippen molar-refractivity contribution in [2.45, 2.75) is 56.7 Å². The van der Waals surface area contributed by atoms with Gasteiger partial charge in [0.15, 0.2) is 5.16 Å². The number of hydrogen-bond acceptors (Lipinski definition) is 6. The average molecular weight is 443 g/mol. The molecule has 7 heteroatoms. The number of aromatic nitrogens is 3. The molecule has 0 radical (unpaired) electrons. The van der Waals surface area contributed by atoms with Gasteiger partial charge in [0.2, 0.25) is 0 Å². The Balaban J connectivity index is 1.55. The van der Waals surface area contributed by atoms with E-state index in [2.05, 4.69) is 46.6 Å². The number of nitrogens with zero attached hydrogens (tertiary/aromatic N) is 4. The minimum atomic E-state index is 0.321. The first-order valence-electron chi connectivity index (χ1n) is 11.4. The summed E-state index contributed by atoms with van der Waals surface area (Å²) >= 11 is 1.76. The molecule has 1 aromatic carbocycles. The van der Waals surface area contributed by atoms with Gasteiger partial charge in [0.25, 0.3) is 0 Å². The highest BCUT2D eigenvalue weighted by Gasteiger charge is 2.28. The maximum Gasteiger partial charge on any atom is 0.195 e. The average Bonchev–Trinajstić information content (AvgIpc) is 3.48. The highest BCUT2D eigenvalue weighted by molar-refractivity contribution is 7.99. The van der Waals surface area contributed by atoms with Crippen LogP contribution in [0.5, 0.6) is 5.75 Å². The fourth-order valence-corrected chi connectivity index (χ4v) is 5.39. The van der Waals surface area contributed by atoms with E-state index in [1.807, 2.05) is 12.1 Å². The summed E-state index contributed by atoms with van der Waals surface area (Å²) in [5.74, 6) is 3.26. The summed E-state index contributed by atoms with van der Waals surface area (Å²) in [5.41, 5.74) is 2.51. The van der Waals surface area contributed by atoms with Gasteiger partial charge in [0.05, 0.1) is 18.9 Å². The fourth-order valence-electron chi connectivity index (χ4n) is 4.37. The van der Waals surface area contributed by atoms with Crippen LogP contribution in [-0.2, 0) is 4.74 Å². The van der Waals surface area contributed by atoms with Crippen molar-refractivity contribution in [1.82, 2.24) is 19.7 Å². The Morgan fingerprint density at radius 3 is 2.81 bits per heavy atom. The summed E-state index contributed by atoms with van der Waals surface area (Å²) in [7, 11) is 1.71. The van der Waals surface area contributed by atoms with Crippen molar-refractivity contribution < 1.29 is 9.47 Å². The van der Waals surface area contributed by atoms with Crippen LogP contribution in [0.25, 0.3) is 5.69 Å². The van der Waals surface area contributed by atoms with E-state index in [-0.39, 0.29) is 0 Å². The van der Waals surface area contributed by atoms with E-state index < -0.39 is 0 Å². The second kappa shape index (κ2) is 10.7. The van der Waals surface area contributed by atoms with Crippen molar-refractivity contribution in [3.8, 4) is 11.4 Å². The molecule has 0 spiro atoms. The normalized spacial score (nSPS) is 21.0. The Morgan fingerprint density at radius 2 is 2.10 bits per heavy atom. The Bertz CT molecular complexity index is 883. The molecule has 2 fully saturated rings. The van der Waals surface area contributed by atoms with Crippen LogP contribution in [0.2, 0.25) is 0 Å². The van der Waals surface area contributed by atoms with E-state index >= 15 is 0 Å². The van der Waals surface area contributed by atoms with Crippen LogP contribution in [0.4, 0.5) is 0 Å². The molecule has 0 aliphatic carbocycles. The lowest BCUT2D eigenvalue weighted by Crippen LogP contribution is -2.34. The zero-order valence-corrected chi connectivity index (χ0v) is 19.7. The van der Waals surface area contributed by atoms with Gasteiger partial charge >= 0.3 is 0 Å². The third-order valence-electron chi connectivity index (χ3n) is 6.31. The van der Waals surface area contributed by atoms with Crippen LogP contribution in [0.3, 0.4) is 0 Å². The largest absolute Gasteiger partial charge is 0.497 e. The molecule has 0 N–H and O–H groups in total. The number of hydrogen-bond donors (Lipinski definition) is 0. The summed E-state index contributed by atoms with van der Waals surface area (Å²) in [5, 5.41) is 10.3. The number of piperidine rings is 1. The van der Waals surface area contributed by atoms with Crippen molar-refractivity contribution in [1.29, 1.82) is 0 Å². The van der Waals surface area contributed by atoms with Gasteiger partial charge in [-0.25, -0.2) is 0 Å². The van der Waals surface area contributed by atoms with Gasteiger partial charge in [0.1, 0.15) is 11.6 Å². The Morgan fingerprint density at radius 1 is 1.26 bits per heavy atom. The first kappa shape index (κ1) is 22.4. The smallest absolute Gasteiger partial charge is 0.195 e. The highest BCUT2D eigenvalue weighted by Crippen LogP contribution is 2.33. The molecule has 0 saturated carbocycles. The van der Waals surface area contributed by atoms with Gasteiger partial charge in [-0.15, -0.1) is 10.2 Å². The van der Waals surface area contributed by atoms with E-state index in [0.29, 0.717) is 12.0 Å². The van der Waals surface area contributed by atoms with Gasteiger partial charge < -0.3 is 9.47 Å². The van der Waals surface area contributed by atoms with Gasteiger partial charge in [-0.1, -0.05) is 29.5 Å². The number of allylic oxidation sites excluding steroid dienone is 1. The highest BCUT2D eigenvalue weighted by atomic mass is 32.2. The number of methoxy groups -OCH3 is 1. The maximum atomic E-state index is 5.82. The van der Waals surface area contributed by atoms with Gasteiger partial charge in [-0.05, 0) is 64.8 Å². The minimum absolute atomic E-state index is 0.321. The third kappa shape index (κ3) is 5.51. The monoisotopic (exact) mass is 442 g/mol. The molecule has 6 nitrogen and oxygen atoms in total. The Labute approximate surface area is 190 Å². The molecule has 1 atom stereocenters. The molecule has 1 aromatic heterocycles. The summed E-state index contributed by atoms with van der Waals surface area (Å²) in [6.07, 6.45) is 7.04. The molecular formula is C24H34N4O2S. The Kier molecular flexibility index (Phi) is 7.69. The zero-order chi connectivity index (χ0) is 21.6. The zero-order valence-electron chi connectivity index (χ0n) is 18.9. The van der Waals surface area contributed by atoms with Crippen LogP contribution < -0.4 is 4.74 Å². The number of ether oxygens (including phenoxy) is 2. The molecule has 0 amide bonds. The quantitative estimate of drug-likeness (QED) is 0.437. The third-order valence-corrected chi connectivity index (χ3v) is 7.37. The van der Waals surface area contributed by atoms with Crippen LogP contribution >= 0.6 is 11.8 Å². The SMILES string of the molecule is C/C=C(\C)CN1CCC(c2nnc(SCC3CCCO3)n2-c2cccc(OC)c2)CC1. The molecule has 168 valence electrons. The molecule has 2 saturated heterocycles. The molecule has 2 aliphatic heterocycles. The van der Waals surface area contributed by atoms with Crippen molar-refractivity contribution >= 4 is 11.8 Å². The number of rotatable bonds is 8. The topological polar surface area (TPSA) is 52.4 Å².